The summed E-state index contributed by atoms with van der Waals surface area (Å²) in [4.78, 5) is 0. The van der Waals surface area contributed by atoms with Crippen LogP contribution in [0.25, 0.3) is 0 Å². The van der Waals surface area contributed by atoms with Crippen molar-refractivity contribution in [2.24, 2.45) is 10.8 Å². The first-order chi connectivity index (χ1) is 12.1. The summed E-state index contributed by atoms with van der Waals surface area (Å²) < 4.78 is 0. The van der Waals surface area contributed by atoms with Crippen molar-refractivity contribution >= 4 is 0 Å². The molecular formula is C26H44. The lowest BCUT2D eigenvalue weighted by Gasteiger charge is -2.19. The minimum absolute atomic E-state index is 0.487. The molecule has 1 saturated carbocycles. The summed E-state index contributed by atoms with van der Waals surface area (Å²) in [6, 6.07) is 2.51. The number of unbranched alkanes of at least 4 members (excludes halogenated alkanes) is 3. The first-order valence-corrected chi connectivity index (χ1v) is 11.2. The van der Waals surface area contributed by atoms with Crippen LogP contribution in [0.4, 0.5) is 0 Å². The standard InChI is InChI=1S/C26H44/c1-20-19-23(13-10-12-16-26(7)17-18-26)21(2)22(3)24(20)14-9-8-11-15-25(4,5)6/h19H,8-18H2,1-7H3. The van der Waals surface area contributed by atoms with Crippen LogP contribution in [0.2, 0.25) is 0 Å². The van der Waals surface area contributed by atoms with Crippen molar-refractivity contribution in [1.29, 1.82) is 0 Å². The molecule has 1 aliphatic rings. The highest BCUT2D eigenvalue weighted by atomic mass is 14.4. The van der Waals surface area contributed by atoms with Gasteiger partial charge >= 0.3 is 0 Å². The first-order valence-electron chi connectivity index (χ1n) is 11.2. The molecule has 26 heavy (non-hydrogen) atoms. The van der Waals surface area contributed by atoms with Crippen LogP contribution in [0.1, 0.15) is 113 Å². The Labute approximate surface area is 164 Å². The van der Waals surface area contributed by atoms with Crippen molar-refractivity contribution in [2.45, 2.75) is 119 Å². The first kappa shape index (κ1) is 21.5. The lowest BCUT2D eigenvalue weighted by atomic mass is 9.87. The molecule has 0 unspecified atom stereocenters. The average Bonchev–Trinajstić information content (AvgIpc) is 3.28. The van der Waals surface area contributed by atoms with Crippen LogP contribution in [-0.4, -0.2) is 0 Å². The topological polar surface area (TPSA) is 0 Å². The molecule has 0 N–H and O–H groups in total. The highest BCUT2D eigenvalue weighted by molar-refractivity contribution is 5.44. The van der Waals surface area contributed by atoms with Gasteiger partial charge in [0.1, 0.15) is 0 Å². The molecule has 0 bridgehead atoms. The van der Waals surface area contributed by atoms with E-state index in [2.05, 4.69) is 54.5 Å². The molecule has 1 aromatic rings. The predicted octanol–water partition coefficient (Wildman–Crippen LogP) is 8.27. The third-order valence-corrected chi connectivity index (χ3v) is 6.80. The fourth-order valence-electron chi connectivity index (χ4n) is 4.33. The Balaban J connectivity index is 1.83. The molecule has 0 heteroatoms. The Bertz CT molecular complexity index is 581. The number of benzene rings is 1. The van der Waals surface area contributed by atoms with Gasteiger partial charge in [-0.2, -0.15) is 0 Å². The molecule has 1 aliphatic carbocycles. The molecule has 0 atom stereocenters. The molecule has 0 nitrogen and oxygen atoms in total. The van der Waals surface area contributed by atoms with Crippen molar-refractivity contribution < 1.29 is 0 Å². The lowest BCUT2D eigenvalue weighted by molar-refractivity contribution is 0.358. The van der Waals surface area contributed by atoms with Crippen LogP contribution in [0.15, 0.2) is 6.07 Å². The molecular weight excluding hydrogens is 312 g/mol. The summed E-state index contributed by atoms with van der Waals surface area (Å²) in [6.07, 6.45) is 15.1. The van der Waals surface area contributed by atoms with Gasteiger partial charge in [0, 0.05) is 0 Å². The van der Waals surface area contributed by atoms with E-state index in [1.807, 2.05) is 0 Å². The number of hydrogen-bond donors (Lipinski definition) is 0. The van der Waals surface area contributed by atoms with Crippen molar-refractivity contribution in [3.8, 4) is 0 Å². The summed E-state index contributed by atoms with van der Waals surface area (Å²) >= 11 is 0. The summed E-state index contributed by atoms with van der Waals surface area (Å²) in [7, 11) is 0. The minimum atomic E-state index is 0.487. The third kappa shape index (κ3) is 6.75. The molecule has 1 fully saturated rings. The smallest absolute Gasteiger partial charge is 0.0274 e. The molecule has 1 aromatic carbocycles. The molecule has 2 rings (SSSR count). The second-order valence-electron chi connectivity index (χ2n) is 10.7. The van der Waals surface area contributed by atoms with E-state index in [1.165, 1.54) is 76.2 Å². The largest absolute Gasteiger partial charge is 0.0602 e. The molecule has 0 spiro atoms. The van der Waals surface area contributed by atoms with Crippen LogP contribution >= 0.6 is 0 Å². The highest BCUT2D eigenvalue weighted by Crippen LogP contribution is 2.49. The van der Waals surface area contributed by atoms with Gasteiger partial charge in [-0.25, -0.2) is 0 Å². The molecule has 0 radical (unpaired) electrons. The van der Waals surface area contributed by atoms with Crippen LogP contribution in [0.5, 0.6) is 0 Å². The van der Waals surface area contributed by atoms with Crippen LogP contribution in [0, 0.1) is 31.6 Å². The predicted molar refractivity (Wildman–Crippen MR) is 117 cm³/mol. The maximum absolute atomic E-state index is 2.51. The van der Waals surface area contributed by atoms with Gasteiger partial charge in [-0.1, -0.05) is 53.0 Å². The number of rotatable bonds is 10. The zero-order chi connectivity index (χ0) is 19.4. The van der Waals surface area contributed by atoms with Crippen molar-refractivity contribution in [2.75, 3.05) is 0 Å². The van der Waals surface area contributed by atoms with Gasteiger partial charge in [0.05, 0.1) is 0 Å². The Hall–Kier alpha value is -0.780. The SMILES string of the molecule is Cc1cc(CCCCC2(C)CC2)c(C)c(C)c1CCCCCC(C)(C)C. The van der Waals surface area contributed by atoms with Crippen LogP contribution < -0.4 is 0 Å². The van der Waals surface area contributed by atoms with Crippen molar-refractivity contribution in [1.82, 2.24) is 0 Å². The highest BCUT2D eigenvalue weighted by Gasteiger charge is 2.35. The van der Waals surface area contributed by atoms with E-state index >= 15 is 0 Å². The summed E-state index contributed by atoms with van der Waals surface area (Å²) in [6.45, 7) is 16.6. The van der Waals surface area contributed by atoms with Crippen molar-refractivity contribution in [3.63, 3.8) is 0 Å². The maximum Gasteiger partial charge on any atom is -0.0274 e. The van der Waals surface area contributed by atoms with Crippen LogP contribution in [0.3, 0.4) is 0 Å². The average molecular weight is 357 g/mol. The van der Waals surface area contributed by atoms with Crippen LogP contribution in [-0.2, 0) is 12.8 Å². The summed E-state index contributed by atoms with van der Waals surface area (Å²) in [5.41, 5.74) is 9.12. The Morgan fingerprint density at radius 1 is 0.846 bits per heavy atom. The monoisotopic (exact) mass is 356 g/mol. The molecule has 0 heterocycles. The molecule has 0 aromatic heterocycles. The van der Waals surface area contributed by atoms with E-state index in [9.17, 15) is 0 Å². The van der Waals surface area contributed by atoms with Gasteiger partial charge in [0.2, 0.25) is 0 Å². The maximum atomic E-state index is 2.51. The molecule has 0 amide bonds. The minimum Gasteiger partial charge on any atom is -0.0602 e. The lowest BCUT2D eigenvalue weighted by Crippen LogP contribution is -2.05. The van der Waals surface area contributed by atoms with Gasteiger partial charge in [-0.05, 0) is 111 Å². The molecule has 0 aliphatic heterocycles. The zero-order valence-electron chi connectivity index (χ0n) is 18.9. The third-order valence-electron chi connectivity index (χ3n) is 6.80. The number of aryl methyl sites for hydroxylation is 2. The Morgan fingerprint density at radius 3 is 2.12 bits per heavy atom. The van der Waals surface area contributed by atoms with E-state index in [0.29, 0.717) is 5.41 Å². The normalized spacial score (nSPS) is 16.1. The Kier molecular flexibility index (Phi) is 7.40. The summed E-state index contributed by atoms with van der Waals surface area (Å²) in [5.74, 6) is 0. The van der Waals surface area contributed by atoms with E-state index in [1.54, 1.807) is 22.3 Å². The fraction of sp³-hybridized carbons (Fsp3) is 0.769. The van der Waals surface area contributed by atoms with Gasteiger partial charge in [0.15, 0.2) is 0 Å². The van der Waals surface area contributed by atoms with Gasteiger partial charge in [0.25, 0.3) is 0 Å². The second kappa shape index (κ2) is 8.94. The van der Waals surface area contributed by atoms with E-state index < -0.39 is 0 Å². The van der Waals surface area contributed by atoms with Gasteiger partial charge in [-0.3, -0.25) is 0 Å². The van der Waals surface area contributed by atoms with E-state index in [-0.39, 0.29) is 0 Å². The van der Waals surface area contributed by atoms with Crippen molar-refractivity contribution in [3.05, 3.63) is 33.9 Å². The van der Waals surface area contributed by atoms with E-state index in [0.717, 1.165) is 5.41 Å². The quantitative estimate of drug-likeness (QED) is 0.370. The van der Waals surface area contributed by atoms with Gasteiger partial charge in [-0.15, -0.1) is 0 Å². The van der Waals surface area contributed by atoms with Gasteiger partial charge < -0.3 is 0 Å². The fourth-order valence-corrected chi connectivity index (χ4v) is 4.33. The zero-order valence-corrected chi connectivity index (χ0v) is 18.9. The number of hydrogen-bond acceptors (Lipinski definition) is 0. The second-order valence-corrected chi connectivity index (χ2v) is 10.7. The summed E-state index contributed by atoms with van der Waals surface area (Å²) in [5, 5.41) is 0. The Morgan fingerprint density at radius 2 is 1.50 bits per heavy atom. The van der Waals surface area contributed by atoms with E-state index in [4.69, 9.17) is 0 Å². The molecule has 0 saturated heterocycles. The molecule has 148 valence electrons.